The molecule has 3 aromatic carbocycles. The van der Waals surface area contributed by atoms with Crippen LogP contribution in [0.5, 0.6) is 0 Å². The molecular weight excluding hydrogens is 825 g/mol. The minimum absolute atomic E-state index is 0.00462. The second-order valence-electron chi connectivity index (χ2n) is 10.5. The Balaban J connectivity index is 1.35. The molecule has 0 aliphatic rings. The quantitative estimate of drug-likeness (QED) is 0.0151. The van der Waals surface area contributed by atoms with E-state index in [0.29, 0.717) is 39.9 Å². The van der Waals surface area contributed by atoms with Gasteiger partial charge in [0.05, 0.1) is 22.7 Å². The lowest BCUT2D eigenvalue weighted by Gasteiger charge is -2.13. The van der Waals surface area contributed by atoms with Crippen LogP contribution in [0, 0.1) is 0 Å². The summed E-state index contributed by atoms with van der Waals surface area (Å²) in [7, 11) is -8.72. The smallest absolute Gasteiger partial charge is 0.294 e. The molecule has 5 rings (SSSR count). The zero-order chi connectivity index (χ0) is 40.0. The highest BCUT2D eigenvalue weighted by atomic mass is 32.2. The summed E-state index contributed by atoms with van der Waals surface area (Å²) in [5.74, 6) is 0.0628. The third-order valence-electron chi connectivity index (χ3n) is 6.52. The summed E-state index contributed by atoms with van der Waals surface area (Å²) in [4.78, 5) is 26.4. The van der Waals surface area contributed by atoms with Gasteiger partial charge in [0, 0.05) is 58.5 Å². The van der Waals surface area contributed by atoms with Crippen molar-refractivity contribution in [1.82, 2.24) is 29.9 Å². The number of aromatic nitrogens is 6. The molecule has 298 valence electrons. The second-order valence-corrected chi connectivity index (χ2v) is 15.1. The van der Waals surface area contributed by atoms with Crippen molar-refractivity contribution in [2.24, 2.45) is 0 Å². The molecule has 2 aromatic heterocycles. The maximum atomic E-state index is 11.4. The van der Waals surface area contributed by atoms with Crippen LogP contribution in [0.3, 0.4) is 0 Å². The molecule has 56 heavy (non-hydrogen) atoms. The summed E-state index contributed by atoms with van der Waals surface area (Å²) in [6, 6.07) is 18.7. The first-order valence-electron chi connectivity index (χ1n) is 15.4. The fourth-order valence-corrected chi connectivity index (χ4v) is 5.73. The van der Waals surface area contributed by atoms with Crippen LogP contribution in [-0.4, -0.2) is 91.0 Å². The average Bonchev–Trinajstić information content (AvgIpc) is 3.14. The molecular formula is C28H30N12O12S4. The van der Waals surface area contributed by atoms with E-state index < -0.39 is 26.0 Å². The Morgan fingerprint density at radius 3 is 1.52 bits per heavy atom. The molecule has 0 atom stereocenters. The van der Waals surface area contributed by atoms with Crippen molar-refractivity contribution >= 4 is 103 Å². The molecule has 24 nitrogen and oxygen atoms in total. The Morgan fingerprint density at radius 2 is 1.04 bits per heavy atom. The normalized spacial score (nSPS) is 11.5. The van der Waals surface area contributed by atoms with E-state index >= 15 is 0 Å². The predicted molar refractivity (Wildman–Crippen MR) is 203 cm³/mol. The molecule has 0 aliphatic heterocycles. The molecule has 0 saturated carbocycles. The Labute approximate surface area is 325 Å². The first-order chi connectivity index (χ1) is 26.8. The lowest BCUT2D eigenvalue weighted by atomic mass is 10.3. The second kappa shape index (κ2) is 20.1. The van der Waals surface area contributed by atoms with Crippen LogP contribution in [0.2, 0.25) is 0 Å². The van der Waals surface area contributed by atoms with Gasteiger partial charge in [-0.2, -0.15) is 46.7 Å². The van der Waals surface area contributed by atoms with Gasteiger partial charge in [0.1, 0.15) is 0 Å². The van der Waals surface area contributed by atoms with Gasteiger partial charge in [0.2, 0.25) is 35.7 Å². The number of hydrogen-bond acceptors (Lipinski definition) is 24. The van der Waals surface area contributed by atoms with Crippen molar-refractivity contribution in [3.8, 4) is 0 Å². The molecule has 0 spiro atoms. The zero-order valence-electron chi connectivity index (χ0n) is 28.1. The van der Waals surface area contributed by atoms with Crippen LogP contribution in [0.1, 0.15) is 0 Å². The topological polar surface area (TPSA) is 336 Å². The van der Waals surface area contributed by atoms with Gasteiger partial charge < -0.3 is 31.9 Å². The zero-order valence-corrected chi connectivity index (χ0v) is 31.4. The fourth-order valence-electron chi connectivity index (χ4n) is 4.24. The molecule has 0 aliphatic carbocycles. The van der Waals surface area contributed by atoms with Gasteiger partial charge in [-0.15, -0.1) is 8.67 Å². The number of hydrogen-bond donors (Lipinski definition) is 10. The van der Waals surface area contributed by atoms with Crippen LogP contribution in [0.25, 0.3) is 0 Å². The Hall–Kier alpha value is -5.24. The Morgan fingerprint density at radius 1 is 0.571 bits per heavy atom. The molecule has 2 heterocycles. The molecule has 0 unspecified atom stereocenters. The summed E-state index contributed by atoms with van der Waals surface area (Å²) < 4.78 is 72.6. The van der Waals surface area contributed by atoms with E-state index in [1.54, 1.807) is 48.5 Å². The minimum Gasteiger partial charge on any atom is -0.353 e. The molecule has 0 amide bonds. The number of benzene rings is 3. The fraction of sp³-hybridized carbons (Fsp3) is 0.143. The van der Waals surface area contributed by atoms with Gasteiger partial charge in [0.15, 0.2) is 0 Å². The van der Waals surface area contributed by atoms with E-state index in [1.807, 2.05) is 0 Å². The van der Waals surface area contributed by atoms with Crippen molar-refractivity contribution in [3.05, 3.63) is 72.8 Å². The molecule has 28 heteroatoms. The summed E-state index contributed by atoms with van der Waals surface area (Å²) in [6.45, 7) is 0.0629. The first-order valence-corrected chi connectivity index (χ1v) is 20.1. The molecule has 0 bridgehead atoms. The molecule has 10 N–H and O–H groups in total. The largest absolute Gasteiger partial charge is 0.353 e. The number of nitrogens with zero attached hydrogens (tertiary/aromatic N) is 6. The maximum absolute atomic E-state index is 11.4. The van der Waals surface area contributed by atoms with Gasteiger partial charge in [-0.1, -0.05) is 16.1 Å². The standard InChI is InChI=1S/C28H30N12O12S4/c41-49-51-53-14-12-29-23-35-25(31-17-4-8-21(9-5-17)54-52-50-42)39-27(36-23)33-19-2-1-3-20(16-19)34-28-38-24(30-13-15-55(43,44)45)37-26(40-28)32-18-6-10-22(11-7-18)56(46,47)48/h1-11,16,41-42H,12-15H2,(H,43,44,45)(H,46,47,48)(H3,29,31,33,35,36,39)(H3,30,32,34,37,38,40). The predicted octanol–water partition coefficient (Wildman–Crippen LogP) is 4.49. The van der Waals surface area contributed by atoms with Gasteiger partial charge in [-0.05, 0) is 66.7 Å². The van der Waals surface area contributed by atoms with Gasteiger partial charge >= 0.3 is 0 Å². The number of rotatable bonds is 22. The van der Waals surface area contributed by atoms with Gasteiger partial charge in [-0.3, -0.25) is 9.11 Å². The van der Waals surface area contributed by atoms with Crippen molar-refractivity contribution < 1.29 is 55.2 Å². The number of anilines is 10. The van der Waals surface area contributed by atoms with E-state index in [0.717, 1.165) is 24.1 Å². The van der Waals surface area contributed by atoms with E-state index in [9.17, 15) is 21.4 Å². The molecule has 0 saturated heterocycles. The summed E-state index contributed by atoms with van der Waals surface area (Å²) in [5.41, 5.74) is 1.92. The third-order valence-corrected chi connectivity index (χ3v) is 9.22. The molecule has 5 aromatic rings. The van der Waals surface area contributed by atoms with Crippen LogP contribution >= 0.6 is 24.1 Å². The lowest BCUT2D eigenvalue weighted by Crippen LogP contribution is -2.17. The van der Waals surface area contributed by atoms with Crippen molar-refractivity contribution in [3.63, 3.8) is 0 Å². The lowest BCUT2D eigenvalue weighted by molar-refractivity contribution is -0.432. The van der Waals surface area contributed by atoms with Crippen LogP contribution < -0.4 is 31.9 Å². The van der Waals surface area contributed by atoms with Crippen LogP contribution in [0.15, 0.2) is 82.6 Å². The average molecular weight is 855 g/mol. The van der Waals surface area contributed by atoms with E-state index in [4.69, 9.17) is 15.1 Å². The Kier molecular flexibility index (Phi) is 15.0. The third kappa shape index (κ3) is 14.1. The van der Waals surface area contributed by atoms with E-state index in [1.165, 1.54) is 24.3 Å². The highest BCUT2D eigenvalue weighted by molar-refractivity contribution is 7.94. The monoisotopic (exact) mass is 854 g/mol. The van der Waals surface area contributed by atoms with Crippen LogP contribution in [-0.2, 0) is 39.0 Å². The summed E-state index contributed by atoms with van der Waals surface area (Å²) in [6.07, 6.45) is 0. The van der Waals surface area contributed by atoms with E-state index in [2.05, 4.69) is 80.5 Å². The Bertz CT molecular complexity index is 2280. The highest BCUT2D eigenvalue weighted by Crippen LogP contribution is 2.26. The molecule has 0 fully saturated rings. The van der Waals surface area contributed by atoms with E-state index in [-0.39, 0.29) is 47.1 Å². The maximum Gasteiger partial charge on any atom is 0.294 e. The summed E-state index contributed by atoms with van der Waals surface area (Å²) in [5, 5.41) is 41.8. The van der Waals surface area contributed by atoms with Crippen molar-refractivity contribution in [2.45, 2.75) is 9.79 Å². The molecule has 0 radical (unpaired) electrons. The SMILES string of the molecule is O=S(=O)(O)CCNc1nc(Nc2ccc(S(=O)(=O)O)cc2)nc(Nc2cccc(Nc3nc(NCCSOOO)nc(Nc4ccc(SOOO)cc4)n3)c2)n1. The first kappa shape index (κ1) is 41.9. The van der Waals surface area contributed by atoms with Gasteiger partial charge in [-0.25, -0.2) is 10.5 Å². The number of nitrogens with one attached hydrogen (secondary N) is 6. The van der Waals surface area contributed by atoms with Crippen molar-refractivity contribution in [2.75, 3.05) is 56.5 Å². The highest BCUT2D eigenvalue weighted by Gasteiger charge is 2.13. The van der Waals surface area contributed by atoms with Crippen LogP contribution in [0.4, 0.5) is 58.4 Å². The van der Waals surface area contributed by atoms with Gasteiger partial charge in [0.25, 0.3) is 20.2 Å². The minimum atomic E-state index is -4.42. The summed E-state index contributed by atoms with van der Waals surface area (Å²) >= 11 is 1.63. The van der Waals surface area contributed by atoms with Crippen molar-refractivity contribution in [1.29, 1.82) is 0 Å².